The summed E-state index contributed by atoms with van der Waals surface area (Å²) in [4.78, 5) is 12.0. The molecule has 1 aliphatic rings. The molecule has 108 valence electrons. The Labute approximate surface area is 123 Å². The first-order valence-corrected chi connectivity index (χ1v) is 7.17. The zero-order valence-corrected chi connectivity index (χ0v) is 11.7. The second-order valence-electron chi connectivity index (χ2n) is 5.36. The van der Waals surface area contributed by atoms with Gasteiger partial charge in [-0.2, -0.15) is 0 Å². The second-order valence-corrected chi connectivity index (χ2v) is 5.36. The number of para-hydroxylation sites is 1. The van der Waals surface area contributed by atoms with Gasteiger partial charge in [-0.25, -0.2) is 4.79 Å². The van der Waals surface area contributed by atoms with Crippen LogP contribution in [0.3, 0.4) is 0 Å². The van der Waals surface area contributed by atoms with Crippen LogP contribution >= 0.6 is 0 Å². The molecular formula is C17H17NO3. The molecule has 4 nitrogen and oxygen atoms in total. The Kier molecular flexibility index (Phi) is 3.57. The number of hydrogen-bond acceptors (Lipinski definition) is 3. The summed E-state index contributed by atoms with van der Waals surface area (Å²) in [6.45, 7) is 0. The molecule has 0 aliphatic heterocycles. The molecule has 1 aromatic carbocycles. The van der Waals surface area contributed by atoms with Crippen LogP contribution in [0.25, 0.3) is 11.0 Å². The fourth-order valence-corrected chi connectivity index (χ4v) is 2.75. The van der Waals surface area contributed by atoms with E-state index >= 15 is 0 Å². The van der Waals surface area contributed by atoms with Crippen LogP contribution in [0.5, 0.6) is 0 Å². The van der Waals surface area contributed by atoms with Crippen LogP contribution in [-0.2, 0) is 4.74 Å². The summed E-state index contributed by atoms with van der Waals surface area (Å²) in [6, 6.07) is 9.31. The van der Waals surface area contributed by atoms with Crippen LogP contribution in [0.2, 0.25) is 0 Å². The monoisotopic (exact) mass is 283 g/mol. The fourth-order valence-electron chi connectivity index (χ4n) is 2.75. The molecule has 1 heterocycles. The van der Waals surface area contributed by atoms with E-state index in [4.69, 9.17) is 15.6 Å². The van der Waals surface area contributed by atoms with Gasteiger partial charge in [0, 0.05) is 11.5 Å². The summed E-state index contributed by atoms with van der Waals surface area (Å²) < 4.78 is 11.0. The van der Waals surface area contributed by atoms with Gasteiger partial charge >= 0.3 is 6.09 Å². The number of fused-ring (bicyclic) bond motifs is 1. The lowest BCUT2D eigenvalue weighted by atomic mass is 9.85. The largest absolute Gasteiger partial charge is 0.440 e. The van der Waals surface area contributed by atoms with Crippen molar-refractivity contribution in [1.82, 2.24) is 0 Å². The summed E-state index contributed by atoms with van der Waals surface area (Å²) in [5, 5.41) is 3.54. The summed E-state index contributed by atoms with van der Waals surface area (Å²) in [7, 11) is 0. The molecule has 1 saturated carbocycles. The molecule has 21 heavy (non-hydrogen) atoms. The van der Waals surface area contributed by atoms with Crippen molar-refractivity contribution in [2.45, 2.75) is 37.7 Å². The van der Waals surface area contributed by atoms with E-state index in [9.17, 15) is 4.79 Å². The molecular weight excluding hydrogens is 266 g/mol. The molecule has 1 fully saturated rings. The van der Waals surface area contributed by atoms with Crippen LogP contribution in [0, 0.1) is 12.3 Å². The number of furan rings is 1. The van der Waals surface area contributed by atoms with Crippen molar-refractivity contribution in [3.63, 3.8) is 0 Å². The fraction of sp³-hybridized carbons (Fsp3) is 0.353. The molecule has 4 heteroatoms. The number of carbonyl (C=O) groups is 1. The van der Waals surface area contributed by atoms with Crippen molar-refractivity contribution in [2.75, 3.05) is 5.32 Å². The Bertz CT molecular complexity index is 656. The predicted octanol–water partition coefficient (Wildman–Crippen LogP) is 4.32. The van der Waals surface area contributed by atoms with Crippen LogP contribution in [-0.4, -0.2) is 11.7 Å². The number of nitrogens with one attached hydrogen (secondary N) is 1. The zero-order chi connectivity index (χ0) is 14.7. The van der Waals surface area contributed by atoms with Crippen molar-refractivity contribution < 1.29 is 13.9 Å². The van der Waals surface area contributed by atoms with Crippen molar-refractivity contribution in [1.29, 1.82) is 0 Å². The number of carbonyl (C=O) groups excluding carboxylic acids is 1. The Morgan fingerprint density at radius 1 is 1.29 bits per heavy atom. The summed E-state index contributed by atoms with van der Waals surface area (Å²) in [5.74, 6) is 3.01. The smallest absolute Gasteiger partial charge is 0.415 e. The Morgan fingerprint density at radius 3 is 2.76 bits per heavy atom. The van der Waals surface area contributed by atoms with Crippen LogP contribution in [0.4, 0.5) is 10.7 Å². The number of rotatable bonds is 2. The van der Waals surface area contributed by atoms with Crippen molar-refractivity contribution in [3.8, 4) is 12.3 Å². The standard InChI is InChI=1S/C17H17NO3/c1-2-17(10-6-3-7-11-17)21-16(19)18-15-12-13-8-4-5-9-14(13)20-15/h1,4-5,8-9,12H,3,6-7,10-11H2,(H,18,19). The van der Waals surface area contributed by atoms with Crippen molar-refractivity contribution in [3.05, 3.63) is 30.3 Å². The molecule has 1 aromatic heterocycles. The van der Waals surface area contributed by atoms with Gasteiger partial charge in [-0.15, -0.1) is 6.42 Å². The predicted molar refractivity (Wildman–Crippen MR) is 81.0 cm³/mol. The van der Waals surface area contributed by atoms with E-state index in [1.165, 1.54) is 0 Å². The number of hydrogen-bond donors (Lipinski definition) is 1. The van der Waals surface area contributed by atoms with Crippen molar-refractivity contribution in [2.24, 2.45) is 0 Å². The first-order chi connectivity index (χ1) is 10.2. The van der Waals surface area contributed by atoms with Gasteiger partial charge in [0.25, 0.3) is 0 Å². The first-order valence-electron chi connectivity index (χ1n) is 7.17. The molecule has 1 aliphatic carbocycles. The number of ether oxygens (including phenoxy) is 1. The molecule has 3 rings (SSSR count). The van der Waals surface area contributed by atoms with E-state index in [2.05, 4.69) is 11.2 Å². The Balaban J connectivity index is 1.69. The second kappa shape index (κ2) is 5.53. The quantitative estimate of drug-likeness (QED) is 0.835. The molecule has 0 radical (unpaired) electrons. The summed E-state index contributed by atoms with van der Waals surface area (Å²) in [5.41, 5.74) is -0.0499. The molecule has 0 atom stereocenters. The van der Waals surface area contributed by atoms with Gasteiger partial charge in [0.05, 0.1) is 0 Å². The highest BCUT2D eigenvalue weighted by molar-refractivity contribution is 5.88. The van der Waals surface area contributed by atoms with Gasteiger partial charge in [-0.1, -0.05) is 30.5 Å². The third-order valence-corrected chi connectivity index (χ3v) is 3.86. The Morgan fingerprint density at radius 2 is 2.05 bits per heavy atom. The summed E-state index contributed by atoms with van der Waals surface area (Å²) in [6.07, 6.45) is 9.55. The number of benzene rings is 1. The first kappa shape index (κ1) is 13.6. The highest BCUT2D eigenvalue weighted by atomic mass is 16.6. The van der Waals surface area contributed by atoms with Gasteiger partial charge in [-0.3, -0.25) is 5.32 Å². The SMILES string of the molecule is C#CC1(OC(=O)Nc2cc3ccccc3o2)CCCCC1. The van der Waals surface area contributed by atoms with Gasteiger partial charge in [-0.05, 0) is 31.7 Å². The Hall–Kier alpha value is -2.41. The lowest BCUT2D eigenvalue weighted by molar-refractivity contribution is 0.0362. The van der Waals surface area contributed by atoms with E-state index in [0.29, 0.717) is 5.88 Å². The zero-order valence-electron chi connectivity index (χ0n) is 11.7. The topological polar surface area (TPSA) is 51.5 Å². The maximum Gasteiger partial charge on any atom is 0.415 e. The van der Waals surface area contributed by atoms with E-state index in [0.717, 1.165) is 43.1 Å². The maximum absolute atomic E-state index is 12.0. The van der Waals surface area contributed by atoms with E-state index in [1.807, 2.05) is 24.3 Å². The maximum atomic E-state index is 12.0. The highest BCUT2D eigenvalue weighted by Gasteiger charge is 2.34. The van der Waals surface area contributed by atoms with Crippen LogP contribution in [0.1, 0.15) is 32.1 Å². The molecule has 0 bridgehead atoms. The van der Waals surface area contributed by atoms with E-state index in [1.54, 1.807) is 6.07 Å². The minimum Gasteiger partial charge on any atom is -0.440 e. The minimum absolute atomic E-state index is 0.365. The van der Waals surface area contributed by atoms with Gasteiger partial charge in [0.2, 0.25) is 5.88 Å². The molecule has 2 aromatic rings. The highest BCUT2D eigenvalue weighted by Crippen LogP contribution is 2.31. The lowest BCUT2D eigenvalue weighted by Gasteiger charge is -2.31. The number of anilines is 1. The van der Waals surface area contributed by atoms with Gasteiger partial charge < -0.3 is 9.15 Å². The average Bonchev–Trinajstić information content (AvgIpc) is 2.90. The van der Waals surface area contributed by atoms with E-state index in [-0.39, 0.29) is 0 Å². The van der Waals surface area contributed by atoms with E-state index < -0.39 is 11.7 Å². The van der Waals surface area contributed by atoms with Crippen molar-refractivity contribution >= 4 is 22.9 Å². The molecule has 1 N–H and O–H groups in total. The molecule has 0 saturated heterocycles. The number of amides is 1. The normalized spacial score (nSPS) is 17.1. The molecule has 0 unspecified atom stereocenters. The average molecular weight is 283 g/mol. The third-order valence-electron chi connectivity index (χ3n) is 3.86. The number of terminal acetylenes is 1. The van der Waals surface area contributed by atoms with Gasteiger partial charge in [0.15, 0.2) is 5.60 Å². The summed E-state index contributed by atoms with van der Waals surface area (Å²) >= 11 is 0. The van der Waals surface area contributed by atoms with Crippen LogP contribution < -0.4 is 5.32 Å². The lowest BCUT2D eigenvalue weighted by Crippen LogP contribution is -2.37. The molecule has 1 amide bonds. The van der Waals surface area contributed by atoms with Gasteiger partial charge in [0.1, 0.15) is 5.58 Å². The minimum atomic E-state index is -0.769. The third kappa shape index (κ3) is 2.87. The molecule has 0 spiro atoms. The van der Waals surface area contributed by atoms with Crippen LogP contribution in [0.15, 0.2) is 34.7 Å².